The first kappa shape index (κ1) is 20.5. The van der Waals surface area contributed by atoms with Crippen molar-refractivity contribution in [2.24, 2.45) is 0 Å². The third-order valence-corrected chi connectivity index (χ3v) is 7.01. The van der Waals surface area contributed by atoms with Crippen LogP contribution in [-0.4, -0.2) is 10.9 Å². The van der Waals surface area contributed by atoms with Crippen LogP contribution in [0.4, 0.5) is 24.5 Å². The van der Waals surface area contributed by atoms with Crippen molar-refractivity contribution in [1.82, 2.24) is 4.98 Å². The number of rotatable bonds is 3. The first-order valence-corrected chi connectivity index (χ1v) is 11.2. The molecule has 0 aliphatic carbocycles. The zero-order chi connectivity index (χ0) is 22.5. The van der Waals surface area contributed by atoms with Crippen molar-refractivity contribution in [1.29, 1.82) is 0 Å². The molecule has 1 amide bonds. The largest absolute Gasteiger partial charge is 0.417 e. The molecule has 32 heavy (non-hydrogen) atoms. The van der Waals surface area contributed by atoms with Gasteiger partial charge in [-0.05, 0) is 29.0 Å². The molecule has 3 N–H and O–H groups in total. The lowest BCUT2D eigenvalue weighted by molar-refractivity contribution is -0.136. The average Bonchev–Trinajstić information content (AvgIpc) is 3.41. The molecule has 0 radical (unpaired) electrons. The molecule has 0 bridgehead atoms. The molecule has 5 aromatic rings. The molecule has 0 aliphatic rings. The zero-order valence-electron chi connectivity index (χ0n) is 16.2. The summed E-state index contributed by atoms with van der Waals surface area (Å²) in [5, 5.41) is 6.05. The molecular formula is C23H14F3N3OS2. The van der Waals surface area contributed by atoms with Gasteiger partial charge < -0.3 is 11.1 Å². The molecule has 4 nitrogen and oxygen atoms in total. The number of pyridine rings is 1. The van der Waals surface area contributed by atoms with Crippen LogP contribution in [-0.2, 0) is 6.18 Å². The number of thiophene rings is 2. The van der Waals surface area contributed by atoms with Gasteiger partial charge in [-0.2, -0.15) is 13.2 Å². The molecule has 2 aromatic carbocycles. The van der Waals surface area contributed by atoms with Crippen molar-refractivity contribution in [3.05, 3.63) is 76.5 Å². The standard InChI is InChI=1S/C23H14F3N3OS2/c24-23(25,26)14-11-16(17-9-4-10-31-17)29-22-18(14)19(27)20(32-22)21(30)28-15-8-3-6-12-5-1-2-7-13(12)15/h1-11H,27H2,(H,28,30). The Kier molecular flexibility index (Phi) is 4.87. The first-order chi connectivity index (χ1) is 15.3. The molecule has 0 spiro atoms. The van der Waals surface area contributed by atoms with E-state index in [9.17, 15) is 18.0 Å². The predicted octanol–water partition coefficient (Wildman–Crippen LogP) is 7.03. The van der Waals surface area contributed by atoms with E-state index in [1.165, 1.54) is 11.3 Å². The van der Waals surface area contributed by atoms with Gasteiger partial charge in [0.25, 0.3) is 5.91 Å². The van der Waals surface area contributed by atoms with E-state index >= 15 is 0 Å². The summed E-state index contributed by atoms with van der Waals surface area (Å²) in [5.74, 6) is -0.576. The molecule has 9 heteroatoms. The fraction of sp³-hybridized carbons (Fsp3) is 0.0435. The molecular weight excluding hydrogens is 455 g/mol. The third-order valence-electron chi connectivity index (χ3n) is 5.02. The SMILES string of the molecule is Nc1c(C(=O)Nc2cccc3ccccc23)sc2nc(-c3cccs3)cc(C(F)(F)F)c12. The summed E-state index contributed by atoms with van der Waals surface area (Å²) in [6.07, 6.45) is -4.65. The lowest BCUT2D eigenvalue weighted by Crippen LogP contribution is -2.12. The summed E-state index contributed by atoms with van der Waals surface area (Å²) >= 11 is 2.14. The summed E-state index contributed by atoms with van der Waals surface area (Å²) in [5.41, 5.74) is 5.71. The summed E-state index contributed by atoms with van der Waals surface area (Å²) in [7, 11) is 0. The number of nitrogens with two attached hydrogens (primary N) is 1. The number of hydrogen-bond acceptors (Lipinski definition) is 5. The third kappa shape index (κ3) is 3.49. The molecule has 0 saturated carbocycles. The van der Waals surface area contributed by atoms with Crippen LogP contribution in [0.5, 0.6) is 0 Å². The number of carbonyl (C=O) groups is 1. The number of nitrogens with zero attached hydrogens (tertiary/aromatic N) is 1. The van der Waals surface area contributed by atoms with Gasteiger partial charge in [0.15, 0.2) is 0 Å². The number of hydrogen-bond donors (Lipinski definition) is 2. The van der Waals surface area contributed by atoms with E-state index < -0.39 is 17.6 Å². The van der Waals surface area contributed by atoms with Gasteiger partial charge in [-0.1, -0.05) is 42.5 Å². The van der Waals surface area contributed by atoms with E-state index in [-0.39, 0.29) is 26.5 Å². The maximum Gasteiger partial charge on any atom is 0.417 e. The number of halogens is 3. The van der Waals surface area contributed by atoms with Crippen molar-refractivity contribution >= 4 is 60.9 Å². The van der Waals surface area contributed by atoms with Crippen LogP contribution < -0.4 is 11.1 Å². The van der Waals surface area contributed by atoms with Crippen LogP contribution in [0.25, 0.3) is 31.6 Å². The molecule has 0 saturated heterocycles. The summed E-state index contributed by atoms with van der Waals surface area (Å²) in [4.78, 5) is 18.1. The molecule has 0 aliphatic heterocycles. The molecule has 160 valence electrons. The highest BCUT2D eigenvalue weighted by molar-refractivity contribution is 7.21. The maximum atomic E-state index is 13.9. The number of aromatic nitrogens is 1. The lowest BCUT2D eigenvalue weighted by Gasteiger charge is -2.11. The monoisotopic (exact) mass is 469 g/mol. The van der Waals surface area contributed by atoms with Gasteiger partial charge in [0, 0.05) is 16.5 Å². The minimum absolute atomic E-state index is 0.00531. The maximum absolute atomic E-state index is 13.9. The molecule has 0 unspecified atom stereocenters. The molecule has 3 heterocycles. The van der Waals surface area contributed by atoms with Crippen molar-refractivity contribution in [2.75, 3.05) is 11.1 Å². The Labute approximate surface area is 188 Å². The molecule has 0 fully saturated rings. The summed E-state index contributed by atoms with van der Waals surface area (Å²) in [6, 6.07) is 17.4. The van der Waals surface area contributed by atoms with Crippen LogP contribution in [0.2, 0.25) is 0 Å². The highest BCUT2D eigenvalue weighted by atomic mass is 32.1. The topological polar surface area (TPSA) is 68.0 Å². The number of alkyl halides is 3. The van der Waals surface area contributed by atoms with E-state index in [4.69, 9.17) is 5.73 Å². The van der Waals surface area contributed by atoms with Crippen LogP contribution in [0.15, 0.2) is 66.0 Å². The molecule has 0 atom stereocenters. The minimum Gasteiger partial charge on any atom is -0.397 e. The van der Waals surface area contributed by atoms with Crippen LogP contribution in [0.1, 0.15) is 15.2 Å². The Morgan fingerprint density at radius 2 is 1.81 bits per heavy atom. The average molecular weight is 470 g/mol. The fourth-order valence-corrected chi connectivity index (χ4v) is 5.28. The van der Waals surface area contributed by atoms with E-state index in [1.807, 2.05) is 30.3 Å². The second-order valence-corrected chi connectivity index (χ2v) is 8.98. The minimum atomic E-state index is -4.65. The Morgan fingerprint density at radius 3 is 2.56 bits per heavy atom. The predicted molar refractivity (Wildman–Crippen MR) is 124 cm³/mol. The van der Waals surface area contributed by atoms with Crippen molar-refractivity contribution in [2.45, 2.75) is 6.18 Å². The van der Waals surface area contributed by atoms with E-state index in [2.05, 4.69) is 10.3 Å². The molecule has 3 aromatic heterocycles. The van der Waals surface area contributed by atoms with Crippen molar-refractivity contribution in [3.8, 4) is 10.6 Å². The smallest absolute Gasteiger partial charge is 0.397 e. The number of anilines is 2. The Bertz CT molecular complexity index is 1470. The van der Waals surface area contributed by atoms with Crippen molar-refractivity contribution < 1.29 is 18.0 Å². The number of nitrogen functional groups attached to an aromatic ring is 1. The Balaban J connectivity index is 1.63. The van der Waals surface area contributed by atoms with Crippen LogP contribution >= 0.6 is 22.7 Å². The summed E-state index contributed by atoms with van der Waals surface area (Å²) < 4.78 is 41.6. The van der Waals surface area contributed by atoms with Gasteiger partial charge in [0.2, 0.25) is 0 Å². The number of fused-ring (bicyclic) bond motifs is 2. The highest BCUT2D eigenvalue weighted by Crippen LogP contribution is 2.44. The molecule has 5 rings (SSSR count). The number of benzene rings is 2. The summed E-state index contributed by atoms with van der Waals surface area (Å²) in [6.45, 7) is 0. The second-order valence-electron chi connectivity index (χ2n) is 7.04. The first-order valence-electron chi connectivity index (χ1n) is 9.46. The van der Waals surface area contributed by atoms with Gasteiger partial charge in [-0.25, -0.2) is 4.98 Å². The number of amides is 1. The van der Waals surface area contributed by atoms with Gasteiger partial charge in [-0.3, -0.25) is 4.79 Å². The van der Waals surface area contributed by atoms with Gasteiger partial charge in [0.05, 0.1) is 21.8 Å². The quantitative estimate of drug-likeness (QED) is 0.298. The van der Waals surface area contributed by atoms with Crippen LogP contribution in [0.3, 0.4) is 0 Å². The van der Waals surface area contributed by atoms with Crippen molar-refractivity contribution in [3.63, 3.8) is 0 Å². The van der Waals surface area contributed by atoms with Gasteiger partial charge in [0.1, 0.15) is 9.71 Å². The lowest BCUT2D eigenvalue weighted by atomic mass is 10.1. The highest BCUT2D eigenvalue weighted by Gasteiger charge is 2.36. The van der Waals surface area contributed by atoms with E-state index in [0.29, 0.717) is 10.6 Å². The van der Waals surface area contributed by atoms with Gasteiger partial charge in [-0.15, -0.1) is 22.7 Å². The van der Waals surface area contributed by atoms with E-state index in [1.54, 1.807) is 29.6 Å². The number of carbonyl (C=O) groups excluding carboxylic acids is 1. The normalized spacial score (nSPS) is 11.8. The Morgan fingerprint density at radius 1 is 1.03 bits per heavy atom. The fourth-order valence-electron chi connectivity index (χ4n) is 3.58. The van der Waals surface area contributed by atoms with E-state index in [0.717, 1.165) is 28.2 Å². The zero-order valence-corrected chi connectivity index (χ0v) is 17.9. The second kappa shape index (κ2) is 7.61. The Hall–Kier alpha value is -3.43. The van der Waals surface area contributed by atoms with Crippen LogP contribution in [0, 0.1) is 0 Å². The van der Waals surface area contributed by atoms with Gasteiger partial charge >= 0.3 is 6.18 Å². The number of nitrogens with one attached hydrogen (secondary N) is 1.